The average molecular weight is 287 g/mol. The topological polar surface area (TPSA) is 92.2 Å². The molecular weight excluding hydrogens is 270 g/mol. The molecule has 0 unspecified atom stereocenters. The molecule has 3 fully saturated rings. The van der Waals surface area contributed by atoms with Crippen molar-refractivity contribution in [1.82, 2.24) is 15.3 Å². The molecule has 110 valence electrons. The van der Waals surface area contributed by atoms with Crippen LogP contribution in [0.15, 0.2) is 6.20 Å². The highest BCUT2D eigenvalue weighted by Crippen LogP contribution is 2.67. The molecule has 0 spiro atoms. The largest absolute Gasteiger partial charge is 0.481 e. The van der Waals surface area contributed by atoms with Crippen LogP contribution in [-0.4, -0.2) is 33.0 Å². The lowest BCUT2D eigenvalue weighted by molar-refractivity contribution is -0.147. The quantitative estimate of drug-likeness (QED) is 0.869. The Kier molecular flexibility index (Phi) is 2.44. The van der Waals surface area contributed by atoms with Gasteiger partial charge in [-0.15, -0.1) is 0 Å². The lowest BCUT2D eigenvalue weighted by Crippen LogP contribution is -2.48. The Morgan fingerprint density at radius 2 is 2.14 bits per heavy atom. The van der Waals surface area contributed by atoms with Crippen molar-refractivity contribution in [3.05, 3.63) is 23.3 Å². The van der Waals surface area contributed by atoms with Gasteiger partial charge >= 0.3 is 5.97 Å². The Morgan fingerprint density at radius 1 is 1.38 bits per heavy atom. The van der Waals surface area contributed by atoms with Crippen molar-refractivity contribution < 1.29 is 14.7 Å². The lowest BCUT2D eigenvalue weighted by atomic mass is 9.80. The van der Waals surface area contributed by atoms with Gasteiger partial charge in [0.25, 0.3) is 5.91 Å². The first-order valence-corrected chi connectivity index (χ1v) is 7.39. The molecule has 0 aromatic carbocycles. The first kappa shape index (κ1) is 12.7. The molecule has 2 N–H and O–H groups in total. The van der Waals surface area contributed by atoms with Crippen LogP contribution >= 0.6 is 0 Å². The first-order valence-electron chi connectivity index (χ1n) is 7.39. The summed E-state index contributed by atoms with van der Waals surface area (Å²) in [5.74, 6) is 0.484. The number of fused-ring (bicyclic) bond motifs is 1. The Balaban J connectivity index is 1.43. The third kappa shape index (κ3) is 1.85. The van der Waals surface area contributed by atoms with Crippen LogP contribution in [0, 0.1) is 18.3 Å². The van der Waals surface area contributed by atoms with E-state index in [0.29, 0.717) is 30.0 Å². The number of carboxylic acid groups (broad SMARTS) is 1. The third-order valence-corrected chi connectivity index (χ3v) is 5.13. The number of aliphatic carboxylic acids is 1. The Bertz CT molecular complexity index is 656. The summed E-state index contributed by atoms with van der Waals surface area (Å²) in [7, 11) is 0. The molecule has 3 saturated carbocycles. The SMILES string of the molecule is Cc1nc(C2CC2)ncc1C(=O)N[C@@H]1C[C@@]2(C(=O)O)C[C@@H]12. The van der Waals surface area contributed by atoms with Crippen LogP contribution in [0.25, 0.3) is 0 Å². The van der Waals surface area contributed by atoms with Gasteiger partial charge in [0.1, 0.15) is 5.82 Å². The molecule has 1 aromatic rings. The van der Waals surface area contributed by atoms with Crippen molar-refractivity contribution in [1.29, 1.82) is 0 Å². The van der Waals surface area contributed by atoms with Crippen molar-refractivity contribution >= 4 is 11.9 Å². The van der Waals surface area contributed by atoms with E-state index in [1.807, 2.05) is 6.92 Å². The highest BCUT2D eigenvalue weighted by molar-refractivity contribution is 5.95. The third-order valence-electron chi connectivity index (χ3n) is 5.13. The summed E-state index contributed by atoms with van der Waals surface area (Å²) in [6.07, 6.45) is 5.08. The molecule has 6 nitrogen and oxygen atoms in total. The summed E-state index contributed by atoms with van der Waals surface area (Å²) < 4.78 is 0. The van der Waals surface area contributed by atoms with E-state index in [4.69, 9.17) is 5.11 Å². The van der Waals surface area contributed by atoms with Crippen molar-refractivity contribution in [3.8, 4) is 0 Å². The fraction of sp³-hybridized carbons (Fsp3) is 0.600. The van der Waals surface area contributed by atoms with E-state index in [-0.39, 0.29) is 17.9 Å². The van der Waals surface area contributed by atoms with E-state index in [1.165, 1.54) is 0 Å². The van der Waals surface area contributed by atoms with Gasteiger partial charge in [-0.3, -0.25) is 9.59 Å². The fourth-order valence-electron chi connectivity index (χ4n) is 3.45. The lowest BCUT2D eigenvalue weighted by Gasteiger charge is -2.32. The van der Waals surface area contributed by atoms with E-state index in [0.717, 1.165) is 18.7 Å². The molecule has 0 aliphatic heterocycles. The predicted octanol–water partition coefficient (Wildman–Crippen LogP) is 1.26. The standard InChI is InChI=1S/C15H17N3O3/c1-7-9(6-16-12(17-7)8-2-3-8)13(19)18-11-5-15(14(20)21)4-10(11)15/h6,8,10-11H,2-5H2,1H3,(H,18,19)(H,20,21)/t10-,11+,15-/m0/s1. The van der Waals surface area contributed by atoms with Crippen molar-refractivity contribution in [2.24, 2.45) is 11.3 Å². The molecule has 4 rings (SSSR count). The molecule has 3 aliphatic rings. The molecule has 6 heteroatoms. The summed E-state index contributed by atoms with van der Waals surface area (Å²) in [4.78, 5) is 32.0. The van der Waals surface area contributed by atoms with Gasteiger partial charge in [0.15, 0.2) is 0 Å². The number of carbonyl (C=O) groups excluding carboxylic acids is 1. The second-order valence-corrected chi connectivity index (χ2v) is 6.56. The molecule has 1 heterocycles. The summed E-state index contributed by atoms with van der Waals surface area (Å²) in [6.45, 7) is 1.82. The van der Waals surface area contributed by atoms with Gasteiger partial charge in [-0.1, -0.05) is 0 Å². The maximum Gasteiger partial charge on any atom is 0.310 e. The van der Waals surface area contributed by atoms with Gasteiger partial charge in [-0.05, 0) is 38.5 Å². The number of amides is 1. The highest BCUT2D eigenvalue weighted by Gasteiger charge is 2.72. The van der Waals surface area contributed by atoms with E-state index < -0.39 is 11.4 Å². The zero-order valence-electron chi connectivity index (χ0n) is 11.8. The van der Waals surface area contributed by atoms with Crippen LogP contribution in [0.4, 0.5) is 0 Å². The molecule has 0 bridgehead atoms. The maximum atomic E-state index is 12.3. The summed E-state index contributed by atoms with van der Waals surface area (Å²) in [6, 6.07) is -0.0175. The summed E-state index contributed by atoms with van der Waals surface area (Å²) >= 11 is 0. The number of carbonyl (C=O) groups is 2. The van der Waals surface area contributed by atoms with Crippen LogP contribution in [0.2, 0.25) is 0 Å². The van der Waals surface area contributed by atoms with Crippen LogP contribution in [-0.2, 0) is 4.79 Å². The zero-order chi connectivity index (χ0) is 14.8. The second-order valence-electron chi connectivity index (χ2n) is 6.56. The van der Waals surface area contributed by atoms with Crippen LogP contribution < -0.4 is 5.32 Å². The second kappa shape index (κ2) is 4.02. The number of nitrogens with zero attached hydrogens (tertiary/aromatic N) is 2. The molecular formula is C15H17N3O3. The van der Waals surface area contributed by atoms with Gasteiger partial charge in [0.2, 0.25) is 0 Å². The van der Waals surface area contributed by atoms with Crippen molar-refractivity contribution in [3.63, 3.8) is 0 Å². The van der Waals surface area contributed by atoms with Crippen molar-refractivity contribution in [2.75, 3.05) is 0 Å². The highest BCUT2D eigenvalue weighted by atomic mass is 16.4. The van der Waals surface area contributed by atoms with Crippen LogP contribution in [0.3, 0.4) is 0 Å². The van der Waals surface area contributed by atoms with Gasteiger partial charge in [-0.2, -0.15) is 0 Å². The van der Waals surface area contributed by atoms with Crippen molar-refractivity contribution in [2.45, 2.75) is 44.6 Å². The molecule has 1 amide bonds. The van der Waals surface area contributed by atoms with E-state index in [9.17, 15) is 9.59 Å². The number of aryl methyl sites for hydroxylation is 1. The zero-order valence-corrected chi connectivity index (χ0v) is 11.8. The predicted molar refractivity (Wildman–Crippen MR) is 72.8 cm³/mol. The number of nitrogens with one attached hydrogen (secondary N) is 1. The van der Waals surface area contributed by atoms with Gasteiger partial charge in [-0.25, -0.2) is 9.97 Å². The number of hydrogen-bond acceptors (Lipinski definition) is 4. The maximum absolute atomic E-state index is 12.3. The van der Waals surface area contributed by atoms with Gasteiger partial charge in [0, 0.05) is 18.2 Å². The Labute approximate surface area is 122 Å². The number of aromatic nitrogens is 2. The fourth-order valence-corrected chi connectivity index (χ4v) is 3.45. The minimum atomic E-state index is -0.730. The van der Waals surface area contributed by atoms with E-state index >= 15 is 0 Å². The van der Waals surface area contributed by atoms with Crippen LogP contribution in [0.1, 0.15) is 53.5 Å². The first-order chi connectivity index (χ1) is 10.0. The minimum absolute atomic E-state index is 0.0175. The normalized spacial score (nSPS) is 32.8. The molecule has 0 radical (unpaired) electrons. The van der Waals surface area contributed by atoms with E-state index in [2.05, 4.69) is 15.3 Å². The average Bonchev–Trinajstić information content (AvgIpc) is 3.30. The minimum Gasteiger partial charge on any atom is -0.481 e. The van der Waals surface area contributed by atoms with Gasteiger partial charge < -0.3 is 10.4 Å². The number of carboxylic acids is 1. The molecule has 1 aromatic heterocycles. The summed E-state index contributed by atoms with van der Waals surface area (Å²) in [5, 5.41) is 12.0. The number of rotatable bonds is 4. The smallest absolute Gasteiger partial charge is 0.310 e. The molecule has 3 atom stereocenters. The Hall–Kier alpha value is -1.98. The molecule has 21 heavy (non-hydrogen) atoms. The monoisotopic (exact) mass is 287 g/mol. The van der Waals surface area contributed by atoms with Gasteiger partial charge in [0.05, 0.1) is 16.7 Å². The van der Waals surface area contributed by atoms with E-state index in [1.54, 1.807) is 6.20 Å². The van der Waals surface area contributed by atoms with Crippen LogP contribution in [0.5, 0.6) is 0 Å². The molecule has 0 saturated heterocycles. The summed E-state index contributed by atoms with van der Waals surface area (Å²) in [5.41, 5.74) is 0.649. The molecule has 3 aliphatic carbocycles. The number of hydrogen-bond donors (Lipinski definition) is 2. The Morgan fingerprint density at radius 3 is 2.67 bits per heavy atom.